The van der Waals surface area contributed by atoms with E-state index in [0.717, 1.165) is 6.08 Å². The Hall–Kier alpha value is -2.11. The molecular formula is C10H14O6. The maximum absolute atomic E-state index is 10.1. The monoisotopic (exact) mass is 230 g/mol. The summed E-state index contributed by atoms with van der Waals surface area (Å²) in [6.07, 6.45) is 2.03. The van der Waals surface area contributed by atoms with E-state index in [1.807, 2.05) is 0 Å². The summed E-state index contributed by atoms with van der Waals surface area (Å²) in [4.78, 5) is 29.9. The molecule has 0 rings (SSSR count). The number of carboxylic acid groups (broad SMARTS) is 2. The first-order valence-corrected chi connectivity index (χ1v) is 4.26. The molecule has 0 saturated carbocycles. The highest BCUT2D eigenvalue weighted by Gasteiger charge is 2.05. The minimum Gasteiger partial charge on any atom is -0.478 e. The Kier molecular flexibility index (Phi) is 9.64. The molecule has 0 aromatic carbocycles. The zero-order valence-electron chi connectivity index (χ0n) is 9.10. The van der Waals surface area contributed by atoms with Crippen molar-refractivity contribution in [2.45, 2.75) is 13.3 Å². The fourth-order valence-corrected chi connectivity index (χ4v) is 0.547. The Balaban J connectivity index is 0. The number of methoxy groups -OCH3 is 1. The van der Waals surface area contributed by atoms with Gasteiger partial charge in [-0.2, -0.15) is 0 Å². The number of ether oxygens (including phenoxy) is 1. The summed E-state index contributed by atoms with van der Waals surface area (Å²) in [6.45, 7) is 4.74. The van der Waals surface area contributed by atoms with Crippen LogP contribution in [0.2, 0.25) is 0 Å². The summed E-state index contributed by atoms with van der Waals surface area (Å²) in [7, 11) is 1.31. The van der Waals surface area contributed by atoms with Gasteiger partial charge in [0, 0.05) is 17.7 Å². The topological polar surface area (TPSA) is 101 Å². The summed E-state index contributed by atoms with van der Waals surface area (Å²) in [5.41, 5.74) is -0.0903. The van der Waals surface area contributed by atoms with Crippen molar-refractivity contribution in [3.63, 3.8) is 0 Å². The second-order valence-electron chi connectivity index (χ2n) is 2.39. The van der Waals surface area contributed by atoms with E-state index in [4.69, 9.17) is 10.2 Å². The molecule has 0 aromatic heterocycles. The van der Waals surface area contributed by atoms with Gasteiger partial charge in [-0.1, -0.05) is 13.5 Å². The quantitative estimate of drug-likeness (QED) is 0.548. The summed E-state index contributed by atoms with van der Waals surface area (Å²) in [5, 5.41) is 16.4. The lowest BCUT2D eigenvalue weighted by molar-refractivity contribution is -0.135. The van der Waals surface area contributed by atoms with Crippen LogP contribution in [0.25, 0.3) is 0 Å². The lowest BCUT2D eigenvalue weighted by Crippen LogP contribution is -2.02. The van der Waals surface area contributed by atoms with Gasteiger partial charge in [0.2, 0.25) is 0 Å². The minimum atomic E-state index is -1.22. The Morgan fingerprint density at radius 2 is 1.81 bits per heavy atom. The molecule has 90 valence electrons. The molecule has 0 heterocycles. The molecule has 16 heavy (non-hydrogen) atoms. The molecule has 0 aliphatic rings. The van der Waals surface area contributed by atoms with Crippen LogP contribution in [0.1, 0.15) is 13.3 Å². The van der Waals surface area contributed by atoms with Crippen LogP contribution in [0.4, 0.5) is 0 Å². The molecule has 0 aliphatic heterocycles. The van der Waals surface area contributed by atoms with Gasteiger partial charge in [0.25, 0.3) is 0 Å². The number of carbonyl (C=O) groups is 3. The third-order valence-corrected chi connectivity index (χ3v) is 1.32. The maximum atomic E-state index is 10.1. The fraction of sp³-hybridized carbons (Fsp3) is 0.300. The normalized spacial score (nSPS) is 9.50. The Morgan fingerprint density at radius 1 is 1.31 bits per heavy atom. The molecule has 0 radical (unpaired) electrons. The molecular weight excluding hydrogens is 216 g/mol. The van der Waals surface area contributed by atoms with Crippen molar-refractivity contribution in [2.24, 2.45) is 0 Å². The number of carbonyl (C=O) groups excluding carboxylic acids is 1. The number of hydrogen-bond donors (Lipinski definition) is 2. The highest BCUT2D eigenvalue weighted by molar-refractivity contribution is 5.94. The van der Waals surface area contributed by atoms with Crippen LogP contribution in [0.5, 0.6) is 0 Å². The zero-order chi connectivity index (χ0) is 13.1. The first kappa shape index (κ1) is 16.3. The van der Waals surface area contributed by atoms with Crippen molar-refractivity contribution < 1.29 is 29.3 Å². The molecule has 0 aliphatic carbocycles. The van der Waals surface area contributed by atoms with Gasteiger partial charge in [-0.05, 0) is 6.42 Å². The Morgan fingerprint density at radius 3 is 1.88 bits per heavy atom. The van der Waals surface area contributed by atoms with Crippen LogP contribution in [0, 0.1) is 0 Å². The van der Waals surface area contributed by atoms with E-state index >= 15 is 0 Å². The van der Waals surface area contributed by atoms with Crippen molar-refractivity contribution >= 4 is 17.9 Å². The molecule has 0 fully saturated rings. The van der Waals surface area contributed by atoms with Crippen LogP contribution in [0.15, 0.2) is 24.3 Å². The predicted octanol–water partition coefficient (Wildman–Crippen LogP) is 0.837. The van der Waals surface area contributed by atoms with Gasteiger partial charge in [-0.15, -0.1) is 0 Å². The van der Waals surface area contributed by atoms with Crippen LogP contribution in [-0.4, -0.2) is 35.2 Å². The number of hydrogen-bond acceptors (Lipinski definition) is 4. The second kappa shape index (κ2) is 9.45. The van der Waals surface area contributed by atoms with Gasteiger partial charge in [-0.25, -0.2) is 14.4 Å². The molecule has 0 bridgehead atoms. The molecule has 0 unspecified atom stereocenters. The average Bonchev–Trinajstić information content (AvgIpc) is 2.24. The summed E-state index contributed by atoms with van der Waals surface area (Å²) in [5.74, 6) is -2.79. The first-order chi connectivity index (χ1) is 7.38. The number of carboxylic acids is 2. The predicted molar refractivity (Wildman–Crippen MR) is 55.9 cm³/mol. The van der Waals surface area contributed by atoms with Crippen molar-refractivity contribution in [1.82, 2.24) is 0 Å². The SMILES string of the molecule is C=CC(=O)OC.CC/C(=C/C(=O)O)C(=O)O. The van der Waals surface area contributed by atoms with Crippen LogP contribution >= 0.6 is 0 Å². The fourth-order valence-electron chi connectivity index (χ4n) is 0.547. The third-order valence-electron chi connectivity index (χ3n) is 1.32. The van der Waals surface area contributed by atoms with E-state index in [0.29, 0.717) is 6.08 Å². The van der Waals surface area contributed by atoms with Gasteiger partial charge in [-0.3, -0.25) is 0 Å². The summed E-state index contributed by atoms with van der Waals surface area (Å²) < 4.78 is 4.14. The van der Waals surface area contributed by atoms with Gasteiger partial charge in [0.1, 0.15) is 0 Å². The van der Waals surface area contributed by atoms with E-state index in [-0.39, 0.29) is 12.0 Å². The molecule has 6 heteroatoms. The van der Waals surface area contributed by atoms with Crippen LogP contribution in [-0.2, 0) is 19.1 Å². The molecule has 0 aromatic rings. The van der Waals surface area contributed by atoms with Crippen molar-refractivity contribution in [1.29, 1.82) is 0 Å². The average molecular weight is 230 g/mol. The van der Waals surface area contributed by atoms with Crippen LogP contribution < -0.4 is 0 Å². The van der Waals surface area contributed by atoms with Gasteiger partial charge in [0.05, 0.1) is 7.11 Å². The van der Waals surface area contributed by atoms with E-state index in [1.165, 1.54) is 7.11 Å². The maximum Gasteiger partial charge on any atom is 0.331 e. The molecule has 0 spiro atoms. The van der Waals surface area contributed by atoms with E-state index in [9.17, 15) is 14.4 Å². The smallest absolute Gasteiger partial charge is 0.331 e. The minimum absolute atomic E-state index is 0.0903. The van der Waals surface area contributed by atoms with Crippen LogP contribution in [0.3, 0.4) is 0 Å². The lowest BCUT2D eigenvalue weighted by atomic mass is 10.2. The third kappa shape index (κ3) is 9.97. The van der Waals surface area contributed by atoms with Crippen molar-refractivity contribution in [2.75, 3.05) is 7.11 Å². The van der Waals surface area contributed by atoms with E-state index < -0.39 is 17.9 Å². The van der Waals surface area contributed by atoms with Crippen molar-refractivity contribution in [3.8, 4) is 0 Å². The van der Waals surface area contributed by atoms with Crippen molar-refractivity contribution in [3.05, 3.63) is 24.3 Å². The Labute approximate surface area is 92.8 Å². The van der Waals surface area contributed by atoms with Gasteiger partial charge < -0.3 is 14.9 Å². The lowest BCUT2D eigenvalue weighted by Gasteiger charge is -1.92. The standard InChI is InChI=1S/C6H8O4.C4H6O2/c1-2-4(6(9)10)3-5(7)8;1-3-4(5)6-2/h3H,2H2,1H3,(H,7,8)(H,9,10);3H,1H2,2H3/b4-3-;. The van der Waals surface area contributed by atoms with Gasteiger partial charge >= 0.3 is 17.9 Å². The first-order valence-electron chi connectivity index (χ1n) is 4.26. The molecule has 0 saturated heterocycles. The number of esters is 1. The molecule has 0 atom stereocenters. The summed E-state index contributed by atoms with van der Waals surface area (Å²) in [6, 6.07) is 0. The van der Waals surface area contributed by atoms with E-state index in [1.54, 1.807) is 6.92 Å². The zero-order valence-corrected chi connectivity index (χ0v) is 9.10. The molecule has 0 amide bonds. The highest BCUT2D eigenvalue weighted by atomic mass is 16.5. The second-order valence-corrected chi connectivity index (χ2v) is 2.39. The summed E-state index contributed by atoms with van der Waals surface area (Å²) >= 11 is 0. The molecule has 2 N–H and O–H groups in total. The largest absolute Gasteiger partial charge is 0.478 e. The van der Waals surface area contributed by atoms with Gasteiger partial charge in [0.15, 0.2) is 0 Å². The number of aliphatic carboxylic acids is 2. The highest BCUT2D eigenvalue weighted by Crippen LogP contribution is 1.98. The number of rotatable bonds is 4. The Bertz CT molecular complexity index is 302. The van der Waals surface area contributed by atoms with E-state index in [2.05, 4.69) is 11.3 Å². The molecule has 6 nitrogen and oxygen atoms in total.